The average molecular weight is 310 g/mol. The number of alkyl halides is 3. The molecule has 0 aromatic rings. The Morgan fingerprint density at radius 1 is 1.05 bits per heavy atom. The smallest absolute Gasteiger partial charge is 0.379 e. The number of ether oxygens (including phenoxy) is 2. The molecule has 2 rings (SSSR count). The van der Waals surface area contributed by atoms with Crippen molar-refractivity contribution in [1.29, 1.82) is 0 Å². The Labute approximate surface area is 121 Å². The van der Waals surface area contributed by atoms with Gasteiger partial charge in [-0.05, 0) is 0 Å². The highest BCUT2D eigenvalue weighted by Crippen LogP contribution is 2.25. The van der Waals surface area contributed by atoms with Gasteiger partial charge in [-0.1, -0.05) is 0 Å². The molecule has 9 heteroatoms. The van der Waals surface area contributed by atoms with E-state index in [1.807, 2.05) is 0 Å². The lowest BCUT2D eigenvalue weighted by molar-refractivity contribution is -0.188. The number of halogens is 3. The first-order valence-electron chi connectivity index (χ1n) is 6.99. The normalized spacial score (nSPS) is 24.1. The van der Waals surface area contributed by atoms with Crippen molar-refractivity contribution < 1.29 is 22.6 Å². The predicted octanol–water partition coefficient (Wildman–Crippen LogP) is -0.104. The van der Waals surface area contributed by atoms with E-state index < -0.39 is 12.2 Å². The molecule has 1 atom stereocenters. The number of aliphatic imine (C=N–C) groups is 1. The molecule has 2 saturated heterocycles. The van der Waals surface area contributed by atoms with Gasteiger partial charge in [0.05, 0.1) is 33.0 Å². The van der Waals surface area contributed by atoms with E-state index in [2.05, 4.69) is 4.99 Å². The van der Waals surface area contributed by atoms with E-state index >= 15 is 0 Å². The third-order valence-electron chi connectivity index (χ3n) is 3.63. The van der Waals surface area contributed by atoms with Crippen LogP contribution in [0.3, 0.4) is 0 Å². The van der Waals surface area contributed by atoms with Crippen LogP contribution in [0.15, 0.2) is 4.99 Å². The van der Waals surface area contributed by atoms with Crippen LogP contribution >= 0.6 is 0 Å². The number of hydrogen-bond acceptors (Lipinski definition) is 4. The summed E-state index contributed by atoms with van der Waals surface area (Å²) in [7, 11) is 0. The van der Waals surface area contributed by atoms with Crippen molar-refractivity contribution in [3.8, 4) is 0 Å². The number of morpholine rings is 2. The van der Waals surface area contributed by atoms with Gasteiger partial charge in [0.15, 0.2) is 5.96 Å². The number of nitrogens with zero attached hydrogens (tertiary/aromatic N) is 3. The Hall–Kier alpha value is -1.06. The number of guanidine groups is 1. The molecule has 21 heavy (non-hydrogen) atoms. The Morgan fingerprint density at radius 2 is 1.57 bits per heavy atom. The molecule has 0 aliphatic carbocycles. The maximum Gasteiger partial charge on any atom is 0.405 e. The van der Waals surface area contributed by atoms with Gasteiger partial charge in [0.2, 0.25) is 0 Å². The molecule has 2 N–H and O–H groups in total. The fourth-order valence-electron chi connectivity index (χ4n) is 2.39. The van der Waals surface area contributed by atoms with Gasteiger partial charge in [-0.2, -0.15) is 13.2 Å². The van der Waals surface area contributed by atoms with Gasteiger partial charge in [0, 0.05) is 26.2 Å². The quantitative estimate of drug-likeness (QED) is 0.582. The van der Waals surface area contributed by atoms with Crippen LogP contribution in [0.1, 0.15) is 0 Å². The first-order valence-corrected chi connectivity index (χ1v) is 6.99. The summed E-state index contributed by atoms with van der Waals surface area (Å²) >= 11 is 0. The summed E-state index contributed by atoms with van der Waals surface area (Å²) in [6, 6.07) is -1.61. The standard InChI is InChI=1S/C12H21F3N4O2/c13-12(14,15)10(18-1-5-20-6-2-18)9-17-11(16)19-3-7-21-8-4-19/h10H,1-9H2,(H2,16,17). The fraction of sp³-hybridized carbons (Fsp3) is 0.917. The van der Waals surface area contributed by atoms with Crippen molar-refractivity contribution in [2.24, 2.45) is 10.7 Å². The van der Waals surface area contributed by atoms with Gasteiger partial charge in [0.25, 0.3) is 0 Å². The second-order valence-corrected chi connectivity index (χ2v) is 5.00. The molecule has 0 bridgehead atoms. The summed E-state index contributed by atoms with van der Waals surface area (Å²) < 4.78 is 49.8. The topological polar surface area (TPSA) is 63.3 Å². The monoisotopic (exact) mass is 310 g/mol. The molecule has 2 aliphatic heterocycles. The molecule has 2 aliphatic rings. The van der Waals surface area contributed by atoms with E-state index in [0.717, 1.165) is 0 Å². The van der Waals surface area contributed by atoms with Crippen LogP contribution in [0.4, 0.5) is 13.2 Å². The van der Waals surface area contributed by atoms with Crippen LogP contribution in [-0.4, -0.2) is 87.1 Å². The van der Waals surface area contributed by atoms with Crippen molar-refractivity contribution in [2.45, 2.75) is 12.2 Å². The molecule has 0 saturated carbocycles. The lowest BCUT2D eigenvalue weighted by Gasteiger charge is -2.35. The highest BCUT2D eigenvalue weighted by Gasteiger charge is 2.43. The zero-order valence-electron chi connectivity index (χ0n) is 11.8. The third-order valence-corrected chi connectivity index (χ3v) is 3.63. The second-order valence-electron chi connectivity index (χ2n) is 5.00. The number of hydrogen-bond donors (Lipinski definition) is 1. The van der Waals surface area contributed by atoms with Crippen LogP contribution in [0.5, 0.6) is 0 Å². The highest BCUT2D eigenvalue weighted by atomic mass is 19.4. The van der Waals surface area contributed by atoms with E-state index in [-0.39, 0.29) is 25.6 Å². The van der Waals surface area contributed by atoms with Gasteiger partial charge in [-0.15, -0.1) is 0 Å². The minimum Gasteiger partial charge on any atom is -0.379 e. The van der Waals surface area contributed by atoms with E-state index in [1.165, 1.54) is 4.90 Å². The summed E-state index contributed by atoms with van der Waals surface area (Å²) in [5.74, 6) is 0.154. The lowest BCUT2D eigenvalue weighted by atomic mass is 10.2. The lowest BCUT2D eigenvalue weighted by Crippen LogP contribution is -2.53. The molecule has 0 spiro atoms. The van der Waals surface area contributed by atoms with Crippen LogP contribution in [-0.2, 0) is 9.47 Å². The summed E-state index contributed by atoms with van der Waals surface area (Å²) in [5, 5.41) is 0. The van der Waals surface area contributed by atoms with Crippen LogP contribution < -0.4 is 5.73 Å². The fourth-order valence-corrected chi connectivity index (χ4v) is 2.39. The van der Waals surface area contributed by atoms with Crippen LogP contribution in [0, 0.1) is 0 Å². The van der Waals surface area contributed by atoms with Crippen molar-refractivity contribution in [2.75, 3.05) is 59.2 Å². The molecule has 2 heterocycles. The molecular weight excluding hydrogens is 289 g/mol. The molecule has 2 fully saturated rings. The van der Waals surface area contributed by atoms with Crippen LogP contribution in [0.2, 0.25) is 0 Å². The molecule has 0 amide bonds. The zero-order valence-corrected chi connectivity index (χ0v) is 11.8. The third kappa shape index (κ3) is 4.72. The molecule has 122 valence electrons. The summed E-state index contributed by atoms with van der Waals surface area (Å²) in [5.41, 5.74) is 5.78. The summed E-state index contributed by atoms with van der Waals surface area (Å²) in [6.45, 7) is 2.92. The molecule has 6 nitrogen and oxygen atoms in total. The predicted molar refractivity (Wildman–Crippen MR) is 71.1 cm³/mol. The van der Waals surface area contributed by atoms with Gasteiger partial charge in [-0.3, -0.25) is 9.89 Å². The maximum absolute atomic E-state index is 13.2. The molecular formula is C12H21F3N4O2. The van der Waals surface area contributed by atoms with Crippen molar-refractivity contribution in [3.63, 3.8) is 0 Å². The zero-order chi connectivity index (χ0) is 15.3. The van der Waals surface area contributed by atoms with Crippen molar-refractivity contribution in [3.05, 3.63) is 0 Å². The van der Waals surface area contributed by atoms with E-state index in [9.17, 15) is 13.2 Å². The van der Waals surface area contributed by atoms with Gasteiger partial charge >= 0.3 is 6.18 Å². The molecule has 0 aromatic heterocycles. The van der Waals surface area contributed by atoms with Crippen molar-refractivity contribution >= 4 is 5.96 Å². The first kappa shape index (κ1) is 16.3. The Morgan fingerprint density at radius 3 is 2.10 bits per heavy atom. The molecule has 1 unspecified atom stereocenters. The number of rotatable bonds is 3. The molecule has 0 radical (unpaired) electrons. The first-order chi connectivity index (χ1) is 9.98. The van der Waals surface area contributed by atoms with Gasteiger partial charge < -0.3 is 20.1 Å². The van der Waals surface area contributed by atoms with E-state index in [1.54, 1.807) is 4.90 Å². The van der Waals surface area contributed by atoms with E-state index in [4.69, 9.17) is 15.2 Å². The van der Waals surface area contributed by atoms with Crippen LogP contribution in [0.25, 0.3) is 0 Å². The second kappa shape index (κ2) is 7.28. The Bertz CT molecular complexity index is 353. The van der Waals surface area contributed by atoms with Gasteiger partial charge in [-0.25, -0.2) is 0 Å². The van der Waals surface area contributed by atoms with E-state index in [0.29, 0.717) is 39.5 Å². The largest absolute Gasteiger partial charge is 0.405 e. The minimum absolute atomic E-state index is 0.154. The SMILES string of the molecule is NC(=NCC(N1CCOCC1)C(F)(F)F)N1CCOCC1. The summed E-state index contributed by atoms with van der Waals surface area (Å²) in [4.78, 5) is 7.06. The maximum atomic E-state index is 13.2. The van der Waals surface area contributed by atoms with Gasteiger partial charge in [0.1, 0.15) is 6.04 Å². The Balaban J connectivity index is 1.97. The highest BCUT2D eigenvalue weighted by molar-refractivity contribution is 5.78. The Kier molecular flexibility index (Phi) is 5.65. The molecule has 0 aromatic carbocycles. The average Bonchev–Trinajstić information content (AvgIpc) is 2.48. The number of nitrogens with two attached hydrogens (primary N) is 1. The van der Waals surface area contributed by atoms with Crippen molar-refractivity contribution in [1.82, 2.24) is 9.80 Å². The summed E-state index contributed by atoms with van der Waals surface area (Å²) in [6.07, 6.45) is -4.33. The minimum atomic E-state index is -4.33.